The van der Waals surface area contributed by atoms with Gasteiger partial charge in [0.05, 0.1) is 39.5 Å². The summed E-state index contributed by atoms with van der Waals surface area (Å²) < 4.78 is 10.8. The Morgan fingerprint density at radius 1 is 0.692 bits per heavy atom. The Morgan fingerprint density at radius 3 is 1.91 bits per heavy atom. The number of para-hydroxylation sites is 1. The van der Waals surface area contributed by atoms with Crippen molar-refractivity contribution in [2.75, 3.05) is 65.7 Å². The van der Waals surface area contributed by atoms with Crippen molar-refractivity contribution in [3.63, 3.8) is 0 Å². The fourth-order valence-corrected chi connectivity index (χ4v) is 6.77. The van der Waals surface area contributed by atoms with Gasteiger partial charge in [-0.15, -0.1) is 0 Å². The number of rotatable bonds is 30. The number of hydrogen-bond acceptors (Lipinski definition) is 13. The van der Waals surface area contributed by atoms with Crippen LogP contribution in [0.2, 0.25) is 0 Å². The van der Waals surface area contributed by atoms with Crippen molar-refractivity contribution in [2.24, 2.45) is 17.2 Å². The van der Waals surface area contributed by atoms with Crippen LogP contribution in [0.15, 0.2) is 54.7 Å². The lowest BCUT2D eigenvalue weighted by molar-refractivity contribution is -0.136. The minimum absolute atomic E-state index is 0.0136. The summed E-state index contributed by atoms with van der Waals surface area (Å²) in [6.45, 7) is 6.48. The number of benzene rings is 2. The van der Waals surface area contributed by atoms with Crippen molar-refractivity contribution in [3.8, 4) is 5.75 Å². The zero-order chi connectivity index (χ0) is 47.7. The number of nitrogens with zero attached hydrogens (tertiary/aromatic N) is 1. The van der Waals surface area contributed by atoms with E-state index in [4.69, 9.17) is 26.7 Å². The molecule has 0 saturated heterocycles. The average molecular weight is 910 g/mol. The van der Waals surface area contributed by atoms with Crippen molar-refractivity contribution in [1.82, 2.24) is 41.8 Å². The summed E-state index contributed by atoms with van der Waals surface area (Å²) in [6.07, 6.45) is 2.41. The lowest BCUT2D eigenvalue weighted by atomic mass is 10.0. The first-order valence-corrected chi connectivity index (χ1v) is 21.8. The number of aromatic nitrogens is 1. The number of phenolic OH excluding ortho intramolecular Hbond substituents is 1. The summed E-state index contributed by atoms with van der Waals surface area (Å²) in [4.78, 5) is 98.2. The molecule has 21 nitrogen and oxygen atoms in total. The second-order valence-corrected chi connectivity index (χ2v) is 15.5. The molecule has 0 aliphatic heterocycles. The first-order valence-electron chi connectivity index (χ1n) is 21.8. The summed E-state index contributed by atoms with van der Waals surface area (Å²) in [5, 5.41) is 26.3. The smallest absolute Gasteiger partial charge is 0.247 e. The number of H-pyrrole nitrogens is 1. The highest BCUT2D eigenvalue weighted by atomic mass is 16.5. The number of aromatic hydroxyl groups is 1. The summed E-state index contributed by atoms with van der Waals surface area (Å²) in [7, 11) is 0. The first kappa shape index (κ1) is 53.2. The Bertz CT molecular complexity index is 1990. The molecule has 358 valence electrons. The topological polar surface area (TPSA) is 327 Å². The van der Waals surface area contributed by atoms with Gasteiger partial charge < -0.3 is 73.6 Å². The van der Waals surface area contributed by atoms with E-state index in [0.29, 0.717) is 55.7 Å². The van der Waals surface area contributed by atoms with Gasteiger partial charge in [-0.1, -0.05) is 30.3 Å². The maximum atomic E-state index is 14.1. The number of hydrogen-bond donors (Lipinski definition) is 11. The van der Waals surface area contributed by atoms with Crippen LogP contribution in [0.1, 0.15) is 63.6 Å². The predicted molar refractivity (Wildman–Crippen MR) is 243 cm³/mol. The molecule has 0 aliphatic rings. The molecule has 0 fully saturated rings. The molecule has 3 rings (SSSR count). The molecule has 4 atom stereocenters. The summed E-state index contributed by atoms with van der Waals surface area (Å²) >= 11 is 0. The van der Waals surface area contributed by atoms with E-state index in [0.717, 1.165) is 5.52 Å². The van der Waals surface area contributed by atoms with Gasteiger partial charge in [-0.2, -0.15) is 0 Å². The maximum Gasteiger partial charge on any atom is 0.247 e. The van der Waals surface area contributed by atoms with Gasteiger partial charge in [-0.3, -0.25) is 33.6 Å². The predicted octanol–water partition coefficient (Wildman–Crippen LogP) is -1.31. The third kappa shape index (κ3) is 18.5. The van der Waals surface area contributed by atoms with E-state index in [1.165, 1.54) is 19.1 Å². The molecule has 0 saturated carbocycles. The van der Waals surface area contributed by atoms with E-state index in [9.17, 15) is 38.7 Å². The lowest BCUT2D eigenvalue weighted by Gasteiger charge is -2.27. The Kier molecular flexibility index (Phi) is 23.4. The van der Waals surface area contributed by atoms with Gasteiger partial charge in [-0.25, -0.2) is 0 Å². The van der Waals surface area contributed by atoms with Gasteiger partial charge >= 0.3 is 0 Å². The molecule has 3 aromatic rings. The number of aromatic amines is 1. The maximum absolute atomic E-state index is 14.1. The molecule has 7 amide bonds. The molecular weight excluding hydrogens is 843 g/mol. The van der Waals surface area contributed by atoms with E-state index in [-0.39, 0.29) is 69.7 Å². The molecule has 0 radical (unpaired) electrons. The van der Waals surface area contributed by atoms with E-state index in [1.807, 2.05) is 26.0 Å². The van der Waals surface area contributed by atoms with Crippen LogP contribution >= 0.6 is 0 Å². The highest BCUT2D eigenvalue weighted by Crippen LogP contribution is 2.25. The minimum Gasteiger partial charge on any atom is -0.508 e. The van der Waals surface area contributed by atoms with Crippen LogP contribution in [-0.4, -0.2) is 146 Å². The van der Waals surface area contributed by atoms with E-state index < -0.39 is 66.2 Å². The molecule has 21 heteroatoms. The Balaban J connectivity index is 1.68. The van der Waals surface area contributed by atoms with Gasteiger partial charge in [0.25, 0.3) is 0 Å². The van der Waals surface area contributed by atoms with E-state index in [2.05, 4.69) is 36.9 Å². The molecule has 14 N–H and O–H groups in total. The second kappa shape index (κ2) is 28.6. The number of nitrogens with one attached hydrogen (secondary N) is 7. The number of carbonyl (C=O) groups is 7. The number of phenols is 1. The molecule has 1 aromatic heterocycles. The minimum atomic E-state index is -1.29. The third-order valence-electron chi connectivity index (χ3n) is 10.1. The number of amides is 7. The third-order valence-corrected chi connectivity index (χ3v) is 10.1. The number of fused-ring (bicyclic) bond motifs is 1. The second-order valence-electron chi connectivity index (χ2n) is 15.5. The quantitative estimate of drug-likeness (QED) is 0.0347. The van der Waals surface area contributed by atoms with Crippen molar-refractivity contribution in [3.05, 3.63) is 65.9 Å². The average Bonchev–Trinajstić information content (AvgIpc) is 3.71. The Morgan fingerprint density at radius 2 is 1.29 bits per heavy atom. The van der Waals surface area contributed by atoms with Gasteiger partial charge in [0.15, 0.2) is 0 Å². The Labute approximate surface area is 379 Å². The number of nitrogens with two attached hydrogens (primary N) is 3. The van der Waals surface area contributed by atoms with Crippen LogP contribution in [0.5, 0.6) is 5.75 Å². The zero-order valence-corrected chi connectivity index (χ0v) is 37.5. The molecule has 0 bridgehead atoms. The normalized spacial score (nSPS) is 13.0. The van der Waals surface area contributed by atoms with E-state index in [1.54, 1.807) is 35.4 Å². The van der Waals surface area contributed by atoms with Crippen LogP contribution in [-0.2, 0) is 49.5 Å². The van der Waals surface area contributed by atoms with Gasteiger partial charge in [0.1, 0.15) is 29.9 Å². The lowest BCUT2D eigenvalue weighted by Crippen LogP contribution is -2.56. The van der Waals surface area contributed by atoms with Gasteiger partial charge in [0, 0.05) is 55.1 Å². The van der Waals surface area contributed by atoms with Gasteiger partial charge in [0.2, 0.25) is 41.4 Å². The van der Waals surface area contributed by atoms with Crippen molar-refractivity contribution in [2.45, 2.75) is 83.1 Å². The number of carbonyl (C=O) groups excluding carboxylic acids is 7. The molecule has 65 heavy (non-hydrogen) atoms. The number of ether oxygens (including phenoxy) is 2. The molecule has 2 aromatic carbocycles. The summed E-state index contributed by atoms with van der Waals surface area (Å²) in [5.74, 6) is -4.40. The summed E-state index contributed by atoms with van der Waals surface area (Å²) in [5.41, 5.74) is 18.6. The van der Waals surface area contributed by atoms with E-state index >= 15 is 0 Å². The highest BCUT2D eigenvalue weighted by molar-refractivity contribution is 5.98. The van der Waals surface area contributed by atoms with Crippen LogP contribution in [0.25, 0.3) is 10.9 Å². The first-order chi connectivity index (χ1) is 31.2. The largest absolute Gasteiger partial charge is 0.508 e. The van der Waals surface area contributed by atoms with Crippen LogP contribution < -0.4 is 49.1 Å². The fraction of sp³-hybridized carbons (Fsp3) is 0.523. The van der Waals surface area contributed by atoms with Crippen molar-refractivity contribution < 1.29 is 48.1 Å². The van der Waals surface area contributed by atoms with Crippen LogP contribution in [0.4, 0.5) is 0 Å². The van der Waals surface area contributed by atoms with Gasteiger partial charge in [-0.05, 0) is 76.4 Å². The monoisotopic (exact) mass is 910 g/mol. The van der Waals surface area contributed by atoms with Crippen molar-refractivity contribution >= 4 is 52.3 Å². The molecule has 0 spiro atoms. The molecule has 1 heterocycles. The molecule has 1 unspecified atom stereocenters. The molecule has 0 aliphatic carbocycles. The standard InChI is InChI=1S/C44H67N11O10/c1-28(2)55(19-21-65-23-22-64-20-18-47)39(59)27-50-41(60)35(10-6-16-45)52-38(58)26-49-42(61)36(11-7-17-46)53-43(62)37(24-30-12-14-31(57)15-13-30)54-44(63)40(51-29(3)56)33-25-48-34-9-5-4-8-32(33)34/h4-5,8-9,12-15,25,28,35-37,40,48,57H,6-7,10-11,16-24,26-27,45-47H2,1-3H3,(H,49,61)(H,50,60)(H,51,56)(H,52,58)(H,53,62)(H,54,63)/t35-,36?,37-,40-/m0/s1. The molecular formula is C44H67N11O10. The fourth-order valence-electron chi connectivity index (χ4n) is 6.77. The van der Waals surface area contributed by atoms with Crippen molar-refractivity contribution in [1.29, 1.82) is 0 Å². The SMILES string of the molecule is CC(=O)N[C@H](C(=O)N[C@@H](Cc1ccc(O)cc1)C(=O)NC(CCCN)C(=O)NCC(=O)N[C@@H](CCCN)C(=O)NCC(=O)N(CCOCCOCCN)C(C)C)c1c[nH]c2ccccc12. The highest BCUT2D eigenvalue weighted by Gasteiger charge is 2.32. The van der Waals surface area contributed by atoms with Crippen LogP contribution in [0.3, 0.4) is 0 Å². The van der Waals surface area contributed by atoms with Crippen LogP contribution in [0, 0.1) is 0 Å². The zero-order valence-electron chi connectivity index (χ0n) is 37.5. The Hall–Kier alpha value is -6.13. The summed E-state index contributed by atoms with van der Waals surface area (Å²) in [6, 6.07) is 8.22.